The zero-order chi connectivity index (χ0) is 26.3. The minimum atomic E-state index is -4.12. The lowest BCUT2D eigenvalue weighted by Crippen LogP contribution is -2.51. The number of hydrogen-bond acceptors (Lipinski definition) is 4. The monoisotopic (exact) mass is 527 g/mol. The summed E-state index contributed by atoms with van der Waals surface area (Å²) in [6, 6.07) is 21.2. The number of sulfonamides is 1. The van der Waals surface area contributed by atoms with E-state index in [-0.39, 0.29) is 23.0 Å². The van der Waals surface area contributed by atoms with Gasteiger partial charge in [-0.25, -0.2) is 8.42 Å². The summed E-state index contributed by atoms with van der Waals surface area (Å²) in [5.74, 6) is -0.831. The van der Waals surface area contributed by atoms with E-state index in [9.17, 15) is 18.0 Å². The first-order valence-electron chi connectivity index (χ1n) is 11.6. The first-order valence-corrected chi connectivity index (χ1v) is 13.4. The molecule has 0 spiro atoms. The van der Waals surface area contributed by atoms with Crippen molar-refractivity contribution in [2.24, 2.45) is 0 Å². The Morgan fingerprint density at radius 2 is 1.64 bits per heavy atom. The van der Waals surface area contributed by atoms with Crippen molar-refractivity contribution in [2.75, 3.05) is 17.9 Å². The number of amides is 2. The van der Waals surface area contributed by atoms with Crippen molar-refractivity contribution in [2.45, 2.75) is 37.8 Å². The van der Waals surface area contributed by atoms with E-state index < -0.39 is 28.5 Å². The van der Waals surface area contributed by atoms with Crippen LogP contribution in [0, 0.1) is 6.92 Å². The summed E-state index contributed by atoms with van der Waals surface area (Å²) < 4.78 is 28.5. The molecule has 1 unspecified atom stereocenters. The number of aryl methyl sites for hydroxylation is 1. The number of anilines is 1. The third kappa shape index (κ3) is 6.44. The highest BCUT2D eigenvalue weighted by Gasteiger charge is 2.33. The Kier molecular flexibility index (Phi) is 9.12. The number of rotatable bonds is 10. The van der Waals surface area contributed by atoms with Crippen molar-refractivity contribution >= 4 is 39.1 Å². The van der Waals surface area contributed by atoms with Crippen molar-refractivity contribution in [3.8, 4) is 0 Å². The van der Waals surface area contributed by atoms with Crippen LogP contribution in [0.1, 0.15) is 24.5 Å². The predicted octanol–water partition coefficient (Wildman–Crippen LogP) is 4.40. The highest BCUT2D eigenvalue weighted by molar-refractivity contribution is 7.92. The number of nitrogens with one attached hydrogen (secondary N) is 1. The van der Waals surface area contributed by atoms with Gasteiger partial charge in [-0.3, -0.25) is 13.9 Å². The van der Waals surface area contributed by atoms with E-state index >= 15 is 0 Å². The van der Waals surface area contributed by atoms with Gasteiger partial charge in [-0.05, 0) is 49.2 Å². The van der Waals surface area contributed by atoms with Gasteiger partial charge in [0.1, 0.15) is 12.6 Å². The first kappa shape index (κ1) is 27.2. The lowest BCUT2D eigenvalue weighted by atomic mass is 10.1. The Morgan fingerprint density at radius 1 is 0.972 bits per heavy atom. The molecule has 0 radical (unpaired) electrons. The van der Waals surface area contributed by atoms with Gasteiger partial charge in [-0.2, -0.15) is 0 Å². The van der Waals surface area contributed by atoms with Crippen LogP contribution >= 0.6 is 11.6 Å². The van der Waals surface area contributed by atoms with Crippen molar-refractivity contribution < 1.29 is 18.0 Å². The molecular weight excluding hydrogens is 498 g/mol. The van der Waals surface area contributed by atoms with Gasteiger partial charge in [0.25, 0.3) is 10.0 Å². The van der Waals surface area contributed by atoms with Crippen molar-refractivity contribution in [3.63, 3.8) is 0 Å². The summed E-state index contributed by atoms with van der Waals surface area (Å²) in [5.41, 5.74) is 1.98. The molecule has 0 aliphatic heterocycles. The number of benzene rings is 3. The minimum absolute atomic E-state index is 0.0498. The Morgan fingerprint density at radius 3 is 2.22 bits per heavy atom. The molecule has 3 aromatic rings. The van der Waals surface area contributed by atoms with Crippen molar-refractivity contribution in [3.05, 3.63) is 95.0 Å². The van der Waals surface area contributed by atoms with Gasteiger partial charge in [0.2, 0.25) is 11.8 Å². The van der Waals surface area contributed by atoms with Gasteiger partial charge in [0, 0.05) is 18.6 Å². The molecule has 3 aromatic carbocycles. The summed E-state index contributed by atoms with van der Waals surface area (Å²) in [5, 5.41) is 2.94. The number of halogens is 1. The van der Waals surface area contributed by atoms with E-state index in [2.05, 4.69) is 5.32 Å². The fourth-order valence-electron chi connectivity index (χ4n) is 3.86. The molecule has 2 amide bonds. The highest BCUT2D eigenvalue weighted by atomic mass is 35.5. The molecule has 7 nitrogen and oxygen atoms in total. The SMILES string of the molecule is CCC(C(=O)NC)N(Cc1ccccc1)C(=O)CN(c1cccc(Cl)c1)S(=O)(=O)c1ccc(C)cc1. The Labute approximate surface area is 217 Å². The molecular formula is C27H30ClN3O4S. The maximum absolute atomic E-state index is 13.8. The Bertz CT molecular complexity index is 1300. The van der Waals surface area contributed by atoms with Gasteiger partial charge in [0.05, 0.1) is 10.6 Å². The molecule has 0 saturated heterocycles. The van der Waals surface area contributed by atoms with Crippen LogP contribution in [0.25, 0.3) is 0 Å². The van der Waals surface area contributed by atoms with E-state index in [4.69, 9.17) is 11.6 Å². The zero-order valence-corrected chi connectivity index (χ0v) is 22.1. The molecule has 0 heterocycles. The molecule has 0 aliphatic carbocycles. The average Bonchev–Trinajstić information content (AvgIpc) is 2.87. The van der Waals surface area contributed by atoms with Crippen molar-refractivity contribution in [1.29, 1.82) is 0 Å². The van der Waals surface area contributed by atoms with Gasteiger partial charge < -0.3 is 10.2 Å². The fourth-order valence-corrected chi connectivity index (χ4v) is 5.45. The van der Waals surface area contributed by atoms with Gasteiger partial charge in [-0.15, -0.1) is 0 Å². The molecule has 0 fully saturated rings. The van der Waals surface area contributed by atoms with E-state index in [0.717, 1.165) is 15.4 Å². The molecule has 0 bridgehead atoms. The van der Waals surface area contributed by atoms with Gasteiger partial charge in [0.15, 0.2) is 0 Å². The van der Waals surface area contributed by atoms with Crippen LogP contribution in [0.2, 0.25) is 5.02 Å². The number of carbonyl (C=O) groups excluding carboxylic acids is 2. The maximum atomic E-state index is 13.8. The number of nitrogens with zero attached hydrogens (tertiary/aromatic N) is 2. The lowest BCUT2D eigenvalue weighted by Gasteiger charge is -2.33. The zero-order valence-electron chi connectivity index (χ0n) is 20.5. The lowest BCUT2D eigenvalue weighted by molar-refractivity contribution is -0.140. The van der Waals surface area contributed by atoms with E-state index in [1.807, 2.05) is 44.2 Å². The third-order valence-electron chi connectivity index (χ3n) is 5.81. The van der Waals surface area contributed by atoms with E-state index in [0.29, 0.717) is 11.4 Å². The molecule has 3 rings (SSSR count). The Balaban J connectivity index is 2.05. The first-order chi connectivity index (χ1) is 17.2. The molecule has 0 saturated carbocycles. The maximum Gasteiger partial charge on any atom is 0.264 e. The summed E-state index contributed by atoms with van der Waals surface area (Å²) in [7, 11) is -2.61. The second-order valence-corrected chi connectivity index (χ2v) is 10.6. The third-order valence-corrected chi connectivity index (χ3v) is 7.84. The topological polar surface area (TPSA) is 86.8 Å². The van der Waals surface area contributed by atoms with Crippen LogP contribution in [0.4, 0.5) is 5.69 Å². The standard InChI is InChI=1S/C27H30ClN3O4S/c1-4-25(27(33)29-3)30(18-21-9-6-5-7-10-21)26(32)19-31(23-12-8-11-22(28)17-23)36(34,35)24-15-13-20(2)14-16-24/h5-17,25H,4,18-19H2,1-3H3,(H,29,33). The minimum Gasteiger partial charge on any atom is -0.357 e. The van der Waals surface area contributed by atoms with Crippen LogP contribution < -0.4 is 9.62 Å². The molecule has 190 valence electrons. The fraction of sp³-hybridized carbons (Fsp3) is 0.259. The Hall–Kier alpha value is -3.36. The van der Waals surface area contributed by atoms with Gasteiger partial charge in [-0.1, -0.05) is 72.6 Å². The molecule has 0 aliphatic rings. The number of carbonyl (C=O) groups is 2. The number of hydrogen-bond donors (Lipinski definition) is 1. The van der Waals surface area contributed by atoms with Crippen LogP contribution in [0.3, 0.4) is 0 Å². The molecule has 1 atom stereocenters. The average molecular weight is 528 g/mol. The van der Waals surface area contributed by atoms with E-state index in [1.54, 1.807) is 30.3 Å². The number of likely N-dealkylation sites (N-methyl/N-ethyl adjacent to an activating group) is 1. The summed E-state index contributed by atoms with van der Waals surface area (Å²) in [6.45, 7) is 3.32. The quantitative estimate of drug-likeness (QED) is 0.423. The van der Waals surface area contributed by atoms with Crippen LogP contribution in [0.15, 0.2) is 83.8 Å². The van der Waals surface area contributed by atoms with Crippen LogP contribution in [-0.2, 0) is 26.2 Å². The summed E-state index contributed by atoms with van der Waals surface area (Å²) in [4.78, 5) is 27.9. The predicted molar refractivity (Wildman–Crippen MR) is 142 cm³/mol. The summed E-state index contributed by atoms with van der Waals surface area (Å²) >= 11 is 6.18. The van der Waals surface area contributed by atoms with Gasteiger partial charge >= 0.3 is 0 Å². The normalized spacial score (nSPS) is 12.0. The largest absolute Gasteiger partial charge is 0.357 e. The molecule has 1 N–H and O–H groups in total. The smallest absolute Gasteiger partial charge is 0.264 e. The molecule has 0 aromatic heterocycles. The second kappa shape index (κ2) is 12.1. The van der Waals surface area contributed by atoms with Crippen LogP contribution in [-0.4, -0.2) is 44.8 Å². The van der Waals surface area contributed by atoms with E-state index in [1.165, 1.54) is 30.1 Å². The molecule has 9 heteroatoms. The summed E-state index contributed by atoms with van der Waals surface area (Å²) in [6.07, 6.45) is 0.361. The molecule has 36 heavy (non-hydrogen) atoms. The van der Waals surface area contributed by atoms with Crippen LogP contribution in [0.5, 0.6) is 0 Å². The second-order valence-electron chi connectivity index (χ2n) is 8.35. The highest BCUT2D eigenvalue weighted by Crippen LogP contribution is 2.27. The van der Waals surface area contributed by atoms with Crippen molar-refractivity contribution in [1.82, 2.24) is 10.2 Å².